The lowest BCUT2D eigenvalue weighted by molar-refractivity contribution is -0.347. The van der Waals surface area contributed by atoms with Gasteiger partial charge in [-0.15, -0.1) is 0 Å². The highest BCUT2D eigenvalue weighted by atomic mass is 16.8. The summed E-state index contributed by atoms with van der Waals surface area (Å²) in [5.41, 5.74) is 0. The minimum absolute atomic E-state index is 0.0192. The number of aldehydes is 1. The van der Waals surface area contributed by atoms with Crippen molar-refractivity contribution in [1.29, 1.82) is 0 Å². The number of ether oxygens (including phenoxy) is 9. The van der Waals surface area contributed by atoms with Gasteiger partial charge in [-0.3, -0.25) is 0 Å². The first kappa shape index (κ1) is 35.4. The molecule has 5 fully saturated rings. The normalized spacial score (nSPS) is 51.5. The smallest absolute Gasteiger partial charge is 0.187 e. The van der Waals surface area contributed by atoms with E-state index >= 15 is 0 Å². The molecule has 260 valence electrons. The zero-order valence-electron chi connectivity index (χ0n) is 26.2. The molecule has 0 amide bonds. The number of hydrogen-bond donors (Lipinski definition) is 5. The van der Waals surface area contributed by atoms with Crippen molar-refractivity contribution in [3.8, 4) is 0 Å². The van der Waals surface area contributed by atoms with Crippen LogP contribution in [0.1, 0.15) is 66.2 Å². The van der Waals surface area contributed by atoms with Crippen molar-refractivity contribution >= 4 is 6.29 Å². The van der Waals surface area contributed by atoms with Crippen molar-refractivity contribution in [2.24, 2.45) is 0 Å². The molecule has 0 spiro atoms. The maximum atomic E-state index is 11.9. The largest absolute Gasteiger partial charge is 0.390 e. The third kappa shape index (κ3) is 8.59. The molecule has 5 N–H and O–H groups in total. The SMILES string of the molecule is CC1O[C@H](O[C@H]2CC[C@H](O[C@@H]3C(C)O[C@H](C)C[C@H]3O)OC2)CC[C@@H]1O[C@@H]1O[C@@H](C=O)[C@@H](O[C@@H]2C[C@@H](O)[C@H](O)[C@H](C)O2)[C@H](O)C1O. The molecular weight excluding hydrogens is 600 g/mol. The van der Waals surface area contributed by atoms with Crippen molar-refractivity contribution in [3.05, 3.63) is 0 Å². The van der Waals surface area contributed by atoms with E-state index < -0.39 is 92.3 Å². The molecule has 15 nitrogen and oxygen atoms in total. The first-order chi connectivity index (χ1) is 21.4. The molecule has 5 aliphatic rings. The average Bonchev–Trinajstić information content (AvgIpc) is 2.99. The molecule has 15 heteroatoms. The van der Waals surface area contributed by atoms with Gasteiger partial charge >= 0.3 is 0 Å². The number of hydrogen-bond acceptors (Lipinski definition) is 15. The lowest BCUT2D eigenvalue weighted by Gasteiger charge is -2.45. The fraction of sp³-hybridized carbons (Fsp3) is 0.967. The first-order valence-corrected chi connectivity index (χ1v) is 16.1. The molecule has 0 aromatic rings. The van der Waals surface area contributed by atoms with Crippen LogP contribution in [0.3, 0.4) is 0 Å². The van der Waals surface area contributed by atoms with Gasteiger partial charge in [0.15, 0.2) is 31.4 Å². The Morgan fingerprint density at radius 3 is 1.98 bits per heavy atom. The predicted octanol–water partition coefficient (Wildman–Crippen LogP) is -0.751. The summed E-state index contributed by atoms with van der Waals surface area (Å²) < 4.78 is 52.9. The minimum Gasteiger partial charge on any atom is -0.390 e. The van der Waals surface area contributed by atoms with Crippen LogP contribution in [0, 0.1) is 0 Å². The Hall–Kier alpha value is -0.890. The van der Waals surface area contributed by atoms with Gasteiger partial charge in [0.25, 0.3) is 0 Å². The summed E-state index contributed by atoms with van der Waals surface area (Å²) in [6.07, 6.45) is -11.3. The molecule has 45 heavy (non-hydrogen) atoms. The monoisotopic (exact) mass is 650 g/mol. The highest BCUT2D eigenvalue weighted by molar-refractivity contribution is 5.57. The van der Waals surface area contributed by atoms with Gasteiger partial charge in [0.05, 0.1) is 55.4 Å². The Morgan fingerprint density at radius 1 is 0.622 bits per heavy atom. The summed E-state index contributed by atoms with van der Waals surface area (Å²) in [4.78, 5) is 11.9. The summed E-state index contributed by atoms with van der Waals surface area (Å²) in [7, 11) is 0. The second kappa shape index (κ2) is 15.6. The van der Waals surface area contributed by atoms with Crippen molar-refractivity contribution in [2.45, 2.75) is 177 Å². The molecular formula is C30H50O15. The van der Waals surface area contributed by atoms with Gasteiger partial charge in [0, 0.05) is 25.7 Å². The van der Waals surface area contributed by atoms with Crippen molar-refractivity contribution in [1.82, 2.24) is 0 Å². The van der Waals surface area contributed by atoms with E-state index in [4.69, 9.17) is 42.6 Å². The summed E-state index contributed by atoms with van der Waals surface area (Å²) in [5, 5.41) is 52.0. The number of rotatable bonds is 9. The number of aliphatic hydroxyl groups excluding tert-OH is 5. The van der Waals surface area contributed by atoms with Crippen LogP contribution in [0.15, 0.2) is 0 Å². The fourth-order valence-corrected chi connectivity index (χ4v) is 6.71. The van der Waals surface area contributed by atoms with Crippen LogP contribution < -0.4 is 0 Å². The number of carbonyl (C=O) groups is 1. The van der Waals surface area contributed by atoms with Crippen LogP contribution in [-0.2, 0) is 47.4 Å². The second-order valence-electron chi connectivity index (χ2n) is 12.9. The molecule has 18 atom stereocenters. The average molecular weight is 651 g/mol. The molecule has 0 saturated carbocycles. The van der Waals surface area contributed by atoms with Gasteiger partial charge in [0.1, 0.15) is 36.6 Å². The molecule has 0 aromatic heterocycles. The van der Waals surface area contributed by atoms with Gasteiger partial charge in [-0.2, -0.15) is 0 Å². The van der Waals surface area contributed by atoms with Crippen LogP contribution >= 0.6 is 0 Å². The summed E-state index contributed by atoms with van der Waals surface area (Å²) in [6, 6.07) is 0. The topological polar surface area (TPSA) is 201 Å². The molecule has 5 heterocycles. The highest BCUT2D eigenvalue weighted by Crippen LogP contribution is 2.33. The standard InChI is InChI=1S/C30H50O15/c1-13-9-19(33)28(16(4)38-13)44-22-7-5-17(12-37-22)41-23-8-6-20(14(2)39-23)42-30-27(36)26(35)29(21(11-31)43-30)45-24-10-18(32)25(34)15(3)40-24/h11,13-30,32-36H,5-10,12H2,1-4H3/t13-,14?,15+,16?,17+,18-,19-,20+,21+,22+,23-,24-,25-,26-,27?,28-,29-,30-/m1/s1. The van der Waals surface area contributed by atoms with E-state index in [1.165, 1.54) is 0 Å². The first-order valence-electron chi connectivity index (χ1n) is 16.1. The van der Waals surface area contributed by atoms with Crippen molar-refractivity contribution < 1.29 is 73.0 Å². The molecule has 3 unspecified atom stereocenters. The number of aliphatic hydroxyl groups is 5. The highest BCUT2D eigenvalue weighted by Gasteiger charge is 2.49. The second-order valence-corrected chi connectivity index (χ2v) is 12.9. The summed E-state index contributed by atoms with van der Waals surface area (Å²) >= 11 is 0. The molecule has 0 bridgehead atoms. The Balaban J connectivity index is 1.05. The van der Waals surface area contributed by atoms with Gasteiger partial charge in [-0.1, -0.05) is 0 Å². The Morgan fingerprint density at radius 2 is 1.33 bits per heavy atom. The molecule has 5 saturated heterocycles. The Kier molecular flexibility index (Phi) is 12.2. The maximum Gasteiger partial charge on any atom is 0.187 e. The molecule has 5 rings (SSSR count). The van der Waals surface area contributed by atoms with Gasteiger partial charge in [-0.05, 0) is 40.5 Å². The zero-order valence-corrected chi connectivity index (χ0v) is 26.2. The van der Waals surface area contributed by atoms with E-state index in [0.29, 0.717) is 45.0 Å². The third-order valence-corrected chi connectivity index (χ3v) is 9.29. The quantitative estimate of drug-likeness (QED) is 0.195. The summed E-state index contributed by atoms with van der Waals surface area (Å²) in [6.45, 7) is 7.50. The minimum atomic E-state index is -1.56. The lowest BCUT2D eigenvalue weighted by Crippen LogP contribution is -2.62. The molecule has 0 radical (unpaired) electrons. The van der Waals surface area contributed by atoms with E-state index in [9.17, 15) is 30.3 Å². The molecule has 0 aliphatic carbocycles. The van der Waals surface area contributed by atoms with Gasteiger partial charge in [0.2, 0.25) is 0 Å². The maximum absolute atomic E-state index is 11.9. The summed E-state index contributed by atoms with van der Waals surface area (Å²) in [5.74, 6) is 0. The Bertz CT molecular complexity index is 911. The van der Waals surface area contributed by atoms with Gasteiger partial charge < -0.3 is 73.0 Å². The van der Waals surface area contributed by atoms with E-state index in [0.717, 1.165) is 0 Å². The van der Waals surface area contributed by atoms with Crippen LogP contribution in [0.5, 0.6) is 0 Å². The third-order valence-electron chi connectivity index (χ3n) is 9.29. The van der Waals surface area contributed by atoms with Crippen LogP contribution in [0.4, 0.5) is 0 Å². The molecule has 0 aromatic carbocycles. The van der Waals surface area contributed by atoms with E-state index in [2.05, 4.69) is 0 Å². The van der Waals surface area contributed by atoms with E-state index in [1.807, 2.05) is 13.8 Å². The van der Waals surface area contributed by atoms with E-state index in [-0.39, 0.29) is 24.7 Å². The zero-order chi connectivity index (χ0) is 32.4. The number of carbonyl (C=O) groups excluding carboxylic acids is 1. The predicted molar refractivity (Wildman–Crippen MR) is 150 cm³/mol. The fourth-order valence-electron chi connectivity index (χ4n) is 6.71. The van der Waals surface area contributed by atoms with Crippen molar-refractivity contribution in [3.63, 3.8) is 0 Å². The van der Waals surface area contributed by atoms with Crippen molar-refractivity contribution in [2.75, 3.05) is 6.61 Å². The van der Waals surface area contributed by atoms with Crippen LogP contribution in [0.25, 0.3) is 0 Å². The Labute approximate surface area is 262 Å². The van der Waals surface area contributed by atoms with Crippen LogP contribution in [-0.4, -0.2) is 149 Å². The molecule has 5 aliphatic heterocycles. The van der Waals surface area contributed by atoms with Gasteiger partial charge in [-0.25, -0.2) is 0 Å². The van der Waals surface area contributed by atoms with E-state index in [1.54, 1.807) is 13.8 Å². The van der Waals surface area contributed by atoms with Crippen LogP contribution in [0.2, 0.25) is 0 Å². The lowest BCUT2D eigenvalue weighted by atomic mass is 9.98.